The number of rotatable bonds is 6. The maximum Gasteiger partial charge on any atom is 0.253 e. The third kappa shape index (κ3) is 3.72. The number of hydrogen-bond acceptors (Lipinski definition) is 5. The summed E-state index contributed by atoms with van der Waals surface area (Å²) in [5.41, 5.74) is 0.279. The highest BCUT2D eigenvalue weighted by atomic mass is 16.5. The predicted octanol–water partition coefficient (Wildman–Crippen LogP) is 2.12. The zero-order valence-electron chi connectivity index (χ0n) is 19.1. The molecule has 1 atom stereocenters. The Labute approximate surface area is 185 Å². The Bertz CT molecular complexity index is 821. The molecular weight excluding hydrogens is 394 g/mol. The number of amides is 2. The summed E-state index contributed by atoms with van der Waals surface area (Å²) in [5, 5.41) is 0. The number of likely N-dealkylation sites (tertiary alicyclic amines) is 3. The normalized spacial score (nSPS) is 25.7. The van der Waals surface area contributed by atoms with Crippen molar-refractivity contribution in [2.75, 3.05) is 66.6 Å². The molecule has 1 aromatic rings. The average Bonchev–Trinajstić information content (AvgIpc) is 3.29. The standard InChI is InChI=1S/C24H35N3O4/c1-4-26-13-10-24(22(26)29)18-25(14-15-30-2)17-23(24)8-11-27(12-9-23)21(28)19-6-5-7-20(16-19)31-3/h5-7,16H,4,8-15,17-18H2,1-3H3. The van der Waals surface area contributed by atoms with Gasteiger partial charge in [0.1, 0.15) is 5.75 Å². The first-order valence-corrected chi connectivity index (χ1v) is 11.4. The van der Waals surface area contributed by atoms with E-state index in [2.05, 4.69) is 11.8 Å². The van der Waals surface area contributed by atoms with Crippen LogP contribution in [0.3, 0.4) is 0 Å². The van der Waals surface area contributed by atoms with Crippen LogP contribution in [0.5, 0.6) is 5.75 Å². The molecule has 3 fully saturated rings. The first-order valence-electron chi connectivity index (χ1n) is 11.4. The summed E-state index contributed by atoms with van der Waals surface area (Å²) in [4.78, 5) is 33.0. The third-order valence-electron chi connectivity index (χ3n) is 7.86. The Morgan fingerprint density at radius 3 is 2.52 bits per heavy atom. The number of piperidine rings is 1. The highest BCUT2D eigenvalue weighted by Gasteiger charge is 2.64. The van der Waals surface area contributed by atoms with Crippen molar-refractivity contribution in [2.45, 2.75) is 26.2 Å². The van der Waals surface area contributed by atoms with Crippen molar-refractivity contribution in [1.82, 2.24) is 14.7 Å². The Kier molecular flexibility index (Phi) is 6.26. The van der Waals surface area contributed by atoms with E-state index >= 15 is 0 Å². The molecule has 4 rings (SSSR count). The minimum atomic E-state index is -0.318. The van der Waals surface area contributed by atoms with Gasteiger partial charge in [0.05, 0.1) is 19.1 Å². The van der Waals surface area contributed by atoms with Gasteiger partial charge in [0.15, 0.2) is 0 Å². The van der Waals surface area contributed by atoms with Crippen LogP contribution in [-0.4, -0.2) is 93.2 Å². The second kappa shape index (κ2) is 8.79. The van der Waals surface area contributed by atoms with E-state index in [1.54, 1.807) is 20.3 Å². The minimum absolute atomic E-state index is 0.0463. The monoisotopic (exact) mass is 429 g/mol. The molecule has 2 spiro atoms. The van der Waals surface area contributed by atoms with Gasteiger partial charge in [-0.15, -0.1) is 0 Å². The van der Waals surface area contributed by atoms with E-state index in [9.17, 15) is 9.59 Å². The van der Waals surface area contributed by atoms with Crippen molar-refractivity contribution in [3.05, 3.63) is 29.8 Å². The third-order valence-corrected chi connectivity index (χ3v) is 7.86. The zero-order valence-corrected chi connectivity index (χ0v) is 19.1. The molecule has 2 amide bonds. The fourth-order valence-corrected chi connectivity index (χ4v) is 6.05. The number of carbonyl (C=O) groups excluding carboxylic acids is 2. The lowest BCUT2D eigenvalue weighted by Crippen LogP contribution is -2.53. The molecule has 0 aliphatic carbocycles. The summed E-state index contributed by atoms with van der Waals surface area (Å²) >= 11 is 0. The molecule has 7 nitrogen and oxygen atoms in total. The number of ether oxygens (including phenoxy) is 2. The van der Waals surface area contributed by atoms with Gasteiger partial charge in [-0.25, -0.2) is 0 Å². The van der Waals surface area contributed by atoms with Crippen molar-refractivity contribution < 1.29 is 19.1 Å². The summed E-state index contributed by atoms with van der Waals surface area (Å²) in [6.07, 6.45) is 2.66. The van der Waals surface area contributed by atoms with Crippen LogP contribution in [0.1, 0.15) is 36.5 Å². The van der Waals surface area contributed by atoms with Crippen molar-refractivity contribution >= 4 is 11.8 Å². The highest BCUT2D eigenvalue weighted by Crippen LogP contribution is 2.57. The lowest BCUT2D eigenvalue weighted by atomic mass is 9.60. The zero-order chi connectivity index (χ0) is 22.1. The van der Waals surface area contributed by atoms with Gasteiger partial charge >= 0.3 is 0 Å². The maximum absolute atomic E-state index is 13.5. The van der Waals surface area contributed by atoms with E-state index < -0.39 is 0 Å². The molecule has 0 aromatic heterocycles. The van der Waals surface area contributed by atoms with Gasteiger partial charge in [0, 0.05) is 63.9 Å². The second-order valence-electron chi connectivity index (χ2n) is 9.22. The summed E-state index contributed by atoms with van der Waals surface area (Å²) < 4.78 is 10.6. The van der Waals surface area contributed by atoms with Crippen LogP contribution >= 0.6 is 0 Å². The Morgan fingerprint density at radius 2 is 1.87 bits per heavy atom. The van der Waals surface area contributed by atoms with E-state index in [4.69, 9.17) is 9.47 Å². The molecule has 0 saturated carbocycles. The molecule has 3 saturated heterocycles. The van der Waals surface area contributed by atoms with E-state index in [-0.39, 0.29) is 16.7 Å². The van der Waals surface area contributed by atoms with Crippen molar-refractivity contribution in [3.8, 4) is 5.75 Å². The van der Waals surface area contributed by atoms with E-state index in [1.165, 1.54) is 0 Å². The maximum atomic E-state index is 13.5. The lowest BCUT2D eigenvalue weighted by Gasteiger charge is -2.47. The smallest absolute Gasteiger partial charge is 0.253 e. The van der Waals surface area contributed by atoms with Gasteiger partial charge < -0.3 is 19.3 Å². The van der Waals surface area contributed by atoms with Gasteiger partial charge in [-0.3, -0.25) is 14.5 Å². The first kappa shape index (κ1) is 22.1. The molecule has 3 heterocycles. The fraction of sp³-hybridized carbons (Fsp3) is 0.667. The van der Waals surface area contributed by atoms with Crippen molar-refractivity contribution in [2.24, 2.45) is 10.8 Å². The van der Waals surface area contributed by atoms with Crippen molar-refractivity contribution in [3.63, 3.8) is 0 Å². The van der Waals surface area contributed by atoms with Gasteiger partial charge in [0.25, 0.3) is 5.91 Å². The van der Waals surface area contributed by atoms with Gasteiger partial charge in [0.2, 0.25) is 5.91 Å². The predicted molar refractivity (Wildman–Crippen MR) is 118 cm³/mol. The van der Waals surface area contributed by atoms with Crippen LogP contribution in [0.25, 0.3) is 0 Å². The van der Waals surface area contributed by atoms with Gasteiger partial charge in [-0.1, -0.05) is 6.07 Å². The summed E-state index contributed by atoms with van der Waals surface area (Å²) in [7, 11) is 3.34. The number of hydrogen-bond donors (Lipinski definition) is 0. The summed E-state index contributed by atoms with van der Waals surface area (Å²) in [6, 6.07) is 7.35. The van der Waals surface area contributed by atoms with Crippen molar-refractivity contribution in [1.29, 1.82) is 0 Å². The number of benzene rings is 1. The second-order valence-corrected chi connectivity index (χ2v) is 9.22. The summed E-state index contributed by atoms with van der Waals surface area (Å²) in [5.74, 6) is 1.06. The number of nitrogens with zero attached hydrogens (tertiary/aromatic N) is 3. The van der Waals surface area contributed by atoms with Crippen LogP contribution in [0.15, 0.2) is 24.3 Å². The van der Waals surface area contributed by atoms with Crippen LogP contribution in [0.2, 0.25) is 0 Å². The number of fused-ring (bicyclic) bond motifs is 1. The van der Waals surface area contributed by atoms with E-state index in [0.29, 0.717) is 36.9 Å². The topological polar surface area (TPSA) is 62.3 Å². The highest BCUT2D eigenvalue weighted by molar-refractivity contribution is 5.94. The van der Waals surface area contributed by atoms with Crippen LogP contribution in [-0.2, 0) is 9.53 Å². The first-order chi connectivity index (χ1) is 15.0. The Balaban J connectivity index is 1.53. The number of carbonyl (C=O) groups is 2. The largest absolute Gasteiger partial charge is 0.497 e. The minimum Gasteiger partial charge on any atom is -0.497 e. The van der Waals surface area contributed by atoms with E-state index in [1.807, 2.05) is 28.0 Å². The molecule has 0 radical (unpaired) electrons. The Morgan fingerprint density at radius 1 is 1.10 bits per heavy atom. The van der Waals surface area contributed by atoms with Gasteiger partial charge in [-0.2, -0.15) is 0 Å². The fourth-order valence-electron chi connectivity index (χ4n) is 6.05. The summed E-state index contributed by atoms with van der Waals surface area (Å²) in [6.45, 7) is 8.33. The SMILES string of the molecule is CCN1CCC2(CN(CCOC)CC23CCN(C(=O)c2cccc(OC)c2)CC3)C1=O. The molecule has 0 bridgehead atoms. The van der Waals surface area contributed by atoms with Crippen LogP contribution in [0, 0.1) is 10.8 Å². The molecule has 31 heavy (non-hydrogen) atoms. The van der Waals surface area contributed by atoms with Crippen LogP contribution < -0.4 is 4.74 Å². The number of methoxy groups -OCH3 is 2. The molecule has 1 aromatic carbocycles. The van der Waals surface area contributed by atoms with E-state index in [0.717, 1.165) is 52.0 Å². The lowest BCUT2D eigenvalue weighted by molar-refractivity contribution is -0.141. The quantitative estimate of drug-likeness (QED) is 0.693. The Hall–Kier alpha value is -2.12. The van der Waals surface area contributed by atoms with Gasteiger partial charge in [-0.05, 0) is 44.4 Å². The molecule has 170 valence electrons. The van der Waals surface area contributed by atoms with Crippen LogP contribution in [0.4, 0.5) is 0 Å². The molecule has 0 N–H and O–H groups in total. The molecule has 7 heteroatoms. The molecular formula is C24H35N3O4. The molecule has 1 unspecified atom stereocenters. The average molecular weight is 430 g/mol. The molecule has 3 aliphatic rings. The molecule has 3 aliphatic heterocycles.